The van der Waals surface area contributed by atoms with E-state index in [-0.39, 0.29) is 11.9 Å². The number of hydrogen-bond donors (Lipinski definition) is 1. The Labute approximate surface area is 107 Å². The number of halogens is 3. The van der Waals surface area contributed by atoms with Crippen LogP contribution in [0.25, 0.3) is 0 Å². The average molecular weight is 274 g/mol. The minimum Gasteiger partial charge on any atom is -0.357 e. The molecule has 5 nitrogen and oxygen atoms in total. The topological polar surface area (TPSA) is 58.1 Å². The van der Waals surface area contributed by atoms with Crippen LogP contribution in [-0.2, 0) is 11.0 Å². The molecule has 0 aromatic carbocycles. The van der Waals surface area contributed by atoms with Crippen molar-refractivity contribution in [3.63, 3.8) is 0 Å². The van der Waals surface area contributed by atoms with Gasteiger partial charge in [-0.25, -0.2) is 9.97 Å². The lowest BCUT2D eigenvalue weighted by Gasteiger charge is -2.23. The normalized spacial score (nSPS) is 19.6. The number of amides is 1. The maximum absolute atomic E-state index is 12.6. The maximum Gasteiger partial charge on any atom is 0.433 e. The third-order valence-corrected chi connectivity index (χ3v) is 2.99. The lowest BCUT2D eigenvalue weighted by Crippen LogP contribution is -2.42. The van der Waals surface area contributed by atoms with E-state index in [2.05, 4.69) is 15.3 Å². The van der Waals surface area contributed by atoms with Crippen LogP contribution >= 0.6 is 0 Å². The molecule has 0 saturated carbocycles. The number of carbonyl (C=O) groups excluding carboxylic acids is 1. The number of hydrogen-bond acceptors (Lipinski definition) is 4. The van der Waals surface area contributed by atoms with Gasteiger partial charge in [0, 0.05) is 19.8 Å². The molecule has 2 rings (SSSR count). The fraction of sp³-hybridized carbons (Fsp3) is 0.545. The minimum atomic E-state index is -4.51. The van der Waals surface area contributed by atoms with Crippen LogP contribution in [0.15, 0.2) is 12.3 Å². The van der Waals surface area contributed by atoms with Gasteiger partial charge in [0.2, 0.25) is 11.9 Å². The van der Waals surface area contributed by atoms with Gasteiger partial charge >= 0.3 is 6.18 Å². The van der Waals surface area contributed by atoms with Gasteiger partial charge in [-0.05, 0) is 18.9 Å². The number of nitrogens with zero attached hydrogens (tertiary/aromatic N) is 3. The van der Waals surface area contributed by atoms with Gasteiger partial charge in [-0.15, -0.1) is 0 Å². The number of aromatic nitrogens is 2. The van der Waals surface area contributed by atoms with E-state index in [4.69, 9.17) is 0 Å². The van der Waals surface area contributed by atoms with Gasteiger partial charge in [0.05, 0.1) is 0 Å². The first-order chi connectivity index (χ1) is 8.93. The van der Waals surface area contributed by atoms with Crippen LogP contribution in [0.4, 0.5) is 19.1 Å². The van der Waals surface area contributed by atoms with Crippen molar-refractivity contribution >= 4 is 11.9 Å². The molecule has 1 aliphatic heterocycles. The van der Waals surface area contributed by atoms with Gasteiger partial charge < -0.3 is 10.2 Å². The first-order valence-electron chi connectivity index (χ1n) is 5.82. The summed E-state index contributed by atoms with van der Waals surface area (Å²) in [6, 6.07) is 0.308. The monoisotopic (exact) mass is 274 g/mol. The molecule has 104 valence electrons. The summed E-state index contributed by atoms with van der Waals surface area (Å²) < 4.78 is 37.8. The third kappa shape index (κ3) is 2.77. The number of carbonyl (C=O) groups is 1. The molecule has 1 atom stereocenters. The fourth-order valence-corrected chi connectivity index (χ4v) is 2.09. The van der Waals surface area contributed by atoms with Crippen LogP contribution in [0, 0.1) is 0 Å². The highest BCUT2D eigenvalue weighted by atomic mass is 19.4. The summed E-state index contributed by atoms with van der Waals surface area (Å²) in [5.41, 5.74) is -1.000. The van der Waals surface area contributed by atoms with Crippen LogP contribution in [0.1, 0.15) is 18.5 Å². The largest absolute Gasteiger partial charge is 0.433 e. The Morgan fingerprint density at radius 3 is 2.89 bits per heavy atom. The zero-order chi connectivity index (χ0) is 14.0. The molecule has 1 aliphatic rings. The molecule has 0 spiro atoms. The first kappa shape index (κ1) is 13.6. The van der Waals surface area contributed by atoms with Crippen molar-refractivity contribution in [3.05, 3.63) is 18.0 Å². The standard InChI is InChI=1S/C11H13F3N4O/c1-15-9(19)7-3-2-6-18(7)10-16-5-4-8(17-10)11(12,13)14/h4-5,7H,2-3,6H2,1H3,(H,15,19)/t7-/m0/s1. The maximum atomic E-state index is 12.6. The molecule has 1 aromatic heterocycles. The van der Waals surface area contributed by atoms with Gasteiger partial charge in [0.25, 0.3) is 0 Å². The lowest BCUT2D eigenvalue weighted by atomic mass is 10.2. The Morgan fingerprint density at radius 1 is 1.53 bits per heavy atom. The van der Waals surface area contributed by atoms with Crippen molar-refractivity contribution < 1.29 is 18.0 Å². The van der Waals surface area contributed by atoms with Crippen LogP contribution in [-0.4, -0.2) is 35.5 Å². The lowest BCUT2D eigenvalue weighted by molar-refractivity contribution is -0.141. The number of nitrogens with one attached hydrogen (secondary N) is 1. The Hall–Kier alpha value is -1.86. The highest BCUT2D eigenvalue weighted by molar-refractivity contribution is 5.84. The summed E-state index contributed by atoms with van der Waals surface area (Å²) in [5.74, 6) is -0.292. The highest BCUT2D eigenvalue weighted by Gasteiger charge is 2.36. The van der Waals surface area contributed by atoms with Crippen LogP contribution < -0.4 is 10.2 Å². The van der Waals surface area contributed by atoms with Gasteiger partial charge in [-0.1, -0.05) is 0 Å². The van der Waals surface area contributed by atoms with Gasteiger partial charge in [-0.3, -0.25) is 4.79 Å². The highest BCUT2D eigenvalue weighted by Crippen LogP contribution is 2.29. The van der Waals surface area contributed by atoms with Crippen molar-refractivity contribution in [2.75, 3.05) is 18.5 Å². The molecule has 0 unspecified atom stereocenters. The molecule has 1 amide bonds. The van der Waals surface area contributed by atoms with E-state index in [0.717, 1.165) is 18.7 Å². The van der Waals surface area contributed by atoms with E-state index in [0.29, 0.717) is 13.0 Å². The molecule has 0 bridgehead atoms. The second-order valence-electron chi connectivity index (χ2n) is 4.21. The summed E-state index contributed by atoms with van der Waals surface area (Å²) in [7, 11) is 1.49. The van der Waals surface area contributed by atoms with Crippen molar-refractivity contribution in [1.29, 1.82) is 0 Å². The van der Waals surface area contributed by atoms with Crippen LogP contribution in [0.3, 0.4) is 0 Å². The third-order valence-electron chi connectivity index (χ3n) is 2.99. The number of rotatable bonds is 2. The van der Waals surface area contributed by atoms with E-state index in [1.54, 1.807) is 0 Å². The minimum absolute atomic E-state index is 0.0547. The van der Waals surface area contributed by atoms with E-state index >= 15 is 0 Å². The molecule has 0 radical (unpaired) electrons. The molecule has 1 saturated heterocycles. The average Bonchev–Trinajstić information content (AvgIpc) is 2.86. The van der Waals surface area contributed by atoms with E-state index in [1.807, 2.05) is 0 Å². The smallest absolute Gasteiger partial charge is 0.357 e. The van der Waals surface area contributed by atoms with E-state index in [1.165, 1.54) is 11.9 Å². The van der Waals surface area contributed by atoms with E-state index in [9.17, 15) is 18.0 Å². The Balaban J connectivity index is 2.29. The molecule has 19 heavy (non-hydrogen) atoms. The van der Waals surface area contributed by atoms with Gasteiger partial charge in [-0.2, -0.15) is 13.2 Å². The van der Waals surface area contributed by atoms with Crippen molar-refractivity contribution in [3.8, 4) is 0 Å². The van der Waals surface area contributed by atoms with Crippen LogP contribution in [0.5, 0.6) is 0 Å². The quantitative estimate of drug-likeness (QED) is 0.880. The summed E-state index contributed by atoms with van der Waals surface area (Å²) in [4.78, 5) is 20.5. The molecule has 1 fully saturated rings. The van der Waals surface area contributed by atoms with Gasteiger partial charge in [0.1, 0.15) is 11.7 Å². The Kier molecular flexibility index (Phi) is 3.59. The summed E-state index contributed by atoms with van der Waals surface area (Å²) in [6.07, 6.45) is -2.15. The predicted molar refractivity (Wildman–Crippen MR) is 61.5 cm³/mol. The first-order valence-corrected chi connectivity index (χ1v) is 5.82. The Morgan fingerprint density at radius 2 is 2.26 bits per heavy atom. The second kappa shape index (κ2) is 5.02. The molecular formula is C11H13F3N4O. The second-order valence-corrected chi connectivity index (χ2v) is 4.21. The molecule has 1 aromatic rings. The SMILES string of the molecule is CNC(=O)[C@@H]1CCCN1c1nccc(C(F)(F)F)n1. The molecule has 8 heteroatoms. The molecule has 2 heterocycles. The van der Waals surface area contributed by atoms with Gasteiger partial charge in [0.15, 0.2) is 0 Å². The Bertz CT molecular complexity index is 477. The van der Waals surface area contributed by atoms with Crippen molar-refractivity contribution in [2.24, 2.45) is 0 Å². The summed E-state index contributed by atoms with van der Waals surface area (Å²) in [5, 5.41) is 2.49. The fourth-order valence-electron chi connectivity index (χ4n) is 2.09. The zero-order valence-corrected chi connectivity index (χ0v) is 10.2. The molecule has 0 aliphatic carbocycles. The number of likely N-dealkylation sites (N-methyl/N-ethyl adjacent to an activating group) is 1. The van der Waals surface area contributed by atoms with E-state index < -0.39 is 17.9 Å². The molecular weight excluding hydrogens is 261 g/mol. The summed E-state index contributed by atoms with van der Waals surface area (Å²) >= 11 is 0. The summed E-state index contributed by atoms with van der Waals surface area (Å²) in [6.45, 7) is 0.472. The van der Waals surface area contributed by atoms with Crippen molar-refractivity contribution in [1.82, 2.24) is 15.3 Å². The number of anilines is 1. The predicted octanol–water partition coefficient (Wildman–Crippen LogP) is 1.21. The molecule has 1 N–H and O–H groups in total. The zero-order valence-electron chi connectivity index (χ0n) is 10.2. The van der Waals surface area contributed by atoms with Crippen molar-refractivity contribution in [2.45, 2.75) is 25.1 Å². The van der Waals surface area contributed by atoms with Crippen LogP contribution in [0.2, 0.25) is 0 Å². The number of alkyl halides is 3.